The highest BCUT2D eigenvalue weighted by Crippen LogP contribution is 2.33. The van der Waals surface area contributed by atoms with Gasteiger partial charge < -0.3 is 34.1 Å². The molecular weight excluding hydrogens is 664 g/mol. The van der Waals surface area contributed by atoms with Crippen LogP contribution in [-0.4, -0.2) is 80.7 Å². The lowest BCUT2D eigenvalue weighted by Crippen LogP contribution is -2.51. The molecule has 12 nitrogen and oxygen atoms in total. The van der Waals surface area contributed by atoms with Gasteiger partial charge in [-0.1, -0.05) is 56.3 Å². The number of amides is 1. The summed E-state index contributed by atoms with van der Waals surface area (Å²) in [6.07, 6.45) is -2.09. The Hall–Kier alpha value is -4.01. The third-order valence-electron chi connectivity index (χ3n) is 8.64. The van der Waals surface area contributed by atoms with Crippen LogP contribution >= 0.6 is 0 Å². The first kappa shape index (κ1) is 37.3. The van der Waals surface area contributed by atoms with Gasteiger partial charge >= 0.3 is 12.1 Å². The molecule has 1 amide bonds. The highest BCUT2D eigenvalue weighted by molar-refractivity contribution is 7.89. The number of aryl methyl sites for hydroxylation is 1. The smallest absolute Gasteiger partial charge is 0.407 e. The zero-order chi connectivity index (χ0) is 35.8. The van der Waals surface area contributed by atoms with E-state index in [2.05, 4.69) is 5.32 Å². The van der Waals surface area contributed by atoms with Crippen LogP contribution in [0, 0.1) is 18.8 Å². The van der Waals surface area contributed by atoms with Crippen molar-refractivity contribution in [2.24, 2.45) is 11.8 Å². The molecule has 0 radical (unpaired) electrons. The summed E-state index contributed by atoms with van der Waals surface area (Å²) in [6, 6.07) is 20.4. The van der Waals surface area contributed by atoms with Gasteiger partial charge in [-0.15, -0.1) is 0 Å². The Labute approximate surface area is 293 Å². The number of esters is 1. The first-order chi connectivity index (χ1) is 23.9. The third-order valence-corrected chi connectivity index (χ3v) is 10.5. The molecule has 13 heteroatoms. The molecule has 0 saturated carbocycles. The van der Waals surface area contributed by atoms with Gasteiger partial charge in [-0.2, -0.15) is 4.31 Å². The second kappa shape index (κ2) is 16.8. The highest BCUT2D eigenvalue weighted by atomic mass is 32.2. The molecule has 2 N–H and O–H groups in total. The largest absolute Gasteiger partial charge is 0.489 e. The van der Waals surface area contributed by atoms with E-state index in [1.54, 1.807) is 6.92 Å². The third kappa shape index (κ3) is 9.82. The van der Waals surface area contributed by atoms with Gasteiger partial charge in [0.2, 0.25) is 10.0 Å². The number of hydrogen-bond acceptors (Lipinski definition) is 10. The van der Waals surface area contributed by atoms with Gasteiger partial charge in [-0.05, 0) is 72.7 Å². The van der Waals surface area contributed by atoms with Gasteiger partial charge in [0.25, 0.3) is 0 Å². The quantitative estimate of drug-likeness (QED) is 0.169. The maximum Gasteiger partial charge on any atom is 0.407 e. The molecule has 0 aliphatic carbocycles. The van der Waals surface area contributed by atoms with E-state index < -0.39 is 46.6 Å². The Morgan fingerprint density at radius 3 is 2.42 bits per heavy atom. The Morgan fingerprint density at radius 1 is 1.00 bits per heavy atom. The van der Waals surface area contributed by atoms with Crippen LogP contribution in [-0.2, 0) is 42.1 Å². The van der Waals surface area contributed by atoms with Crippen LogP contribution in [0.15, 0.2) is 77.7 Å². The average molecular weight is 711 g/mol. The molecule has 2 heterocycles. The molecule has 0 bridgehead atoms. The number of sulfonamides is 1. The Balaban J connectivity index is 1.33. The second-order valence-corrected chi connectivity index (χ2v) is 15.1. The Bertz CT molecular complexity index is 1700. The lowest BCUT2D eigenvalue weighted by Gasteiger charge is -2.31. The molecule has 2 fully saturated rings. The van der Waals surface area contributed by atoms with E-state index in [9.17, 15) is 23.1 Å². The number of nitrogens with zero attached hydrogens (tertiary/aromatic N) is 1. The molecule has 2 aliphatic rings. The molecule has 270 valence electrons. The summed E-state index contributed by atoms with van der Waals surface area (Å²) in [5.41, 5.74) is 2.28. The first-order valence-electron chi connectivity index (χ1n) is 16.8. The van der Waals surface area contributed by atoms with Crippen molar-refractivity contribution in [3.63, 3.8) is 0 Å². The van der Waals surface area contributed by atoms with Crippen molar-refractivity contribution in [3.8, 4) is 11.5 Å². The van der Waals surface area contributed by atoms with Crippen molar-refractivity contribution >= 4 is 22.1 Å². The van der Waals surface area contributed by atoms with Crippen LogP contribution in [0.5, 0.6) is 11.5 Å². The lowest BCUT2D eigenvalue weighted by atomic mass is 10.0. The maximum atomic E-state index is 14.0. The van der Waals surface area contributed by atoms with Crippen LogP contribution < -0.4 is 14.8 Å². The molecule has 0 aromatic heterocycles. The van der Waals surface area contributed by atoms with Crippen LogP contribution in [0.2, 0.25) is 0 Å². The monoisotopic (exact) mass is 710 g/mol. The molecule has 2 saturated heterocycles. The zero-order valence-electron chi connectivity index (χ0n) is 28.8. The number of rotatable bonds is 15. The molecule has 5 atom stereocenters. The summed E-state index contributed by atoms with van der Waals surface area (Å²) < 4.78 is 57.2. The number of carbonyl (C=O) groups is 2. The zero-order valence-corrected chi connectivity index (χ0v) is 29.6. The summed E-state index contributed by atoms with van der Waals surface area (Å²) in [6.45, 7) is 7.61. The number of fused-ring (bicyclic) bond motifs is 1. The summed E-state index contributed by atoms with van der Waals surface area (Å²) in [5.74, 6) is 0.240. The van der Waals surface area contributed by atoms with Crippen molar-refractivity contribution in [1.82, 2.24) is 9.62 Å². The first-order valence-corrected chi connectivity index (χ1v) is 18.3. The number of aliphatic hydroxyl groups excluding tert-OH is 1. The van der Waals surface area contributed by atoms with Gasteiger partial charge in [0.15, 0.2) is 6.29 Å². The van der Waals surface area contributed by atoms with Gasteiger partial charge in [0.1, 0.15) is 24.2 Å². The Morgan fingerprint density at radius 2 is 1.74 bits per heavy atom. The number of alkyl carbamates (subject to hydrolysis) is 1. The lowest BCUT2D eigenvalue weighted by molar-refractivity contribution is -0.131. The SMILES string of the molecule is CC(=O)Oc1ccc(S(=O)(=O)N(CC(C)C)CC(O)C(Cc2ccc(OCc3ccccc3)cc2)NC(=O)OC2COC3OCCC23)cc1C. The predicted octanol–water partition coefficient (Wildman–Crippen LogP) is 4.61. The van der Waals surface area contributed by atoms with Crippen LogP contribution in [0.3, 0.4) is 0 Å². The number of aliphatic hydroxyl groups is 1. The van der Waals surface area contributed by atoms with E-state index >= 15 is 0 Å². The molecule has 2 aliphatic heterocycles. The highest BCUT2D eigenvalue weighted by Gasteiger charge is 2.44. The summed E-state index contributed by atoms with van der Waals surface area (Å²) in [5, 5.41) is 14.5. The number of nitrogens with one attached hydrogen (secondary N) is 1. The van der Waals surface area contributed by atoms with Crippen molar-refractivity contribution in [1.29, 1.82) is 0 Å². The van der Waals surface area contributed by atoms with Crippen molar-refractivity contribution in [2.45, 2.75) is 76.6 Å². The van der Waals surface area contributed by atoms with E-state index in [0.717, 1.165) is 11.1 Å². The minimum absolute atomic E-state index is 0.0108. The number of carbonyl (C=O) groups excluding carboxylic acids is 2. The van der Waals surface area contributed by atoms with Gasteiger partial charge in [0.05, 0.1) is 36.2 Å². The molecule has 50 heavy (non-hydrogen) atoms. The average Bonchev–Trinajstić information content (AvgIpc) is 3.70. The van der Waals surface area contributed by atoms with E-state index in [1.165, 1.54) is 29.4 Å². The number of hydrogen-bond donors (Lipinski definition) is 2. The van der Waals surface area contributed by atoms with E-state index in [1.807, 2.05) is 68.4 Å². The minimum atomic E-state index is -4.12. The van der Waals surface area contributed by atoms with E-state index in [-0.39, 0.29) is 48.6 Å². The van der Waals surface area contributed by atoms with Crippen molar-refractivity contribution in [3.05, 3.63) is 89.5 Å². The molecule has 0 spiro atoms. The summed E-state index contributed by atoms with van der Waals surface area (Å²) >= 11 is 0. The number of ether oxygens (including phenoxy) is 5. The van der Waals surface area contributed by atoms with Crippen LogP contribution in [0.25, 0.3) is 0 Å². The minimum Gasteiger partial charge on any atom is -0.489 e. The van der Waals surface area contributed by atoms with Gasteiger partial charge in [0, 0.05) is 20.0 Å². The maximum absolute atomic E-state index is 14.0. The van der Waals surface area contributed by atoms with Crippen molar-refractivity contribution in [2.75, 3.05) is 26.3 Å². The fourth-order valence-electron chi connectivity index (χ4n) is 6.08. The van der Waals surface area contributed by atoms with Crippen LogP contribution in [0.1, 0.15) is 43.9 Å². The van der Waals surface area contributed by atoms with E-state index in [0.29, 0.717) is 30.9 Å². The molecule has 3 aromatic rings. The topological polar surface area (TPSA) is 150 Å². The Kier molecular flexibility index (Phi) is 12.5. The fourth-order valence-corrected chi connectivity index (χ4v) is 7.79. The molecule has 3 aromatic carbocycles. The standard InChI is InChI=1S/C37H46N2O10S/c1-24(2)20-39(50(43,44)30-14-15-34(25(3)18-30)48-26(4)40)21-33(41)32(38-37(42)49-35-23-47-36-31(35)16-17-45-36)19-27-10-12-29(13-11-27)46-22-28-8-6-5-7-9-28/h5-15,18,24,31-33,35-36,41H,16-17,19-23H2,1-4H3,(H,38,42). The second-order valence-electron chi connectivity index (χ2n) is 13.1. The molecule has 5 unspecified atom stereocenters. The fraction of sp³-hybridized carbons (Fsp3) is 0.459. The van der Waals surface area contributed by atoms with Gasteiger partial charge in [-0.25, -0.2) is 13.2 Å². The predicted molar refractivity (Wildman–Crippen MR) is 184 cm³/mol. The van der Waals surface area contributed by atoms with Crippen LogP contribution in [0.4, 0.5) is 4.79 Å². The van der Waals surface area contributed by atoms with E-state index in [4.69, 9.17) is 23.7 Å². The number of benzene rings is 3. The summed E-state index contributed by atoms with van der Waals surface area (Å²) in [4.78, 5) is 24.7. The van der Waals surface area contributed by atoms with Gasteiger partial charge in [-0.3, -0.25) is 4.79 Å². The summed E-state index contributed by atoms with van der Waals surface area (Å²) in [7, 11) is -4.12. The molecule has 5 rings (SSSR count). The van der Waals surface area contributed by atoms with Crippen molar-refractivity contribution < 1.29 is 46.8 Å². The normalized spacial score (nSPS) is 19.9. The molecular formula is C37H46N2O10S.